The standard InChI is InChI=1S/C11H13ClN2O4S/c1-2-3-4-13-8-5-7(11(15)16)6-9(10(8)12)19-14(17)18/h5-6,13H,2-4H2,1H3,(H,15,16). The molecule has 8 heteroatoms. The summed E-state index contributed by atoms with van der Waals surface area (Å²) in [5.74, 6) is -1.15. The molecule has 6 nitrogen and oxygen atoms in total. The molecule has 1 rings (SSSR count). The normalized spacial score (nSPS) is 10.2. The lowest BCUT2D eigenvalue weighted by Gasteiger charge is -2.10. The Balaban J connectivity index is 3.09. The minimum absolute atomic E-state index is 0.0345. The van der Waals surface area contributed by atoms with Crippen LogP contribution in [0.4, 0.5) is 5.69 Å². The Kier molecular flexibility index (Phi) is 5.91. The average Bonchev–Trinajstić information content (AvgIpc) is 2.33. The third-order valence-electron chi connectivity index (χ3n) is 2.30. The minimum Gasteiger partial charge on any atom is -0.478 e. The van der Waals surface area contributed by atoms with Crippen molar-refractivity contribution in [1.29, 1.82) is 0 Å². The molecule has 0 spiro atoms. The lowest BCUT2D eigenvalue weighted by Crippen LogP contribution is -2.05. The molecule has 0 saturated heterocycles. The van der Waals surface area contributed by atoms with E-state index in [1.54, 1.807) is 0 Å². The molecule has 0 radical (unpaired) electrons. The fourth-order valence-corrected chi connectivity index (χ4v) is 2.21. The van der Waals surface area contributed by atoms with Gasteiger partial charge in [-0.05, 0) is 18.6 Å². The zero-order valence-corrected chi connectivity index (χ0v) is 11.8. The van der Waals surface area contributed by atoms with Gasteiger partial charge in [-0.2, -0.15) is 0 Å². The van der Waals surface area contributed by atoms with Crippen molar-refractivity contribution in [2.24, 2.45) is 0 Å². The lowest BCUT2D eigenvalue weighted by atomic mass is 10.2. The Morgan fingerprint density at radius 2 is 2.26 bits per heavy atom. The summed E-state index contributed by atoms with van der Waals surface area (Å²) in [6.07, 6.45) is 1.87. The summed E-state index contributed by atoms with van der Waals surface area (Å²) >= 11 is 6.32. The Labute approximate surface area is 119 Å². The maximum absolute atomic E-state index is 11.0. The second kappa shape index (κ2) is 7.20. The van der Waals surface area contributed by atoms with Crippen LogP contribution in [0.1, 0.15) is 30.1 Å². The van der Waals surface area contributed by atoms with E-state index in [9.17, 15) is 14.9 Å². The number of nitrogens with one attached hydrogen (secondary N) is 1. The zero-order valence-electron chi connectivity index (χ0n) is 10.2. The maximum atomic E-state index is 11.0. The fraction of sp³-hybridized carbons (Fsp3) is 0.364. The van der Waals surface area contributed by atoms with E-state index in [0.29, 0.717) is 24.2 Å². The van der Waals surface area contributed by atoms with Gasteiger partial charge in [0, 0.05) is 6.54 Å². The highest BCUT2D eigenvalue weighted by atomic mass is 35.5. The molecule has 0 saturated carbocycles. The number of carboxylic acid groups (broad SMARTS) is 1. The maximum Gasteiger partial charge on any atom is 0.335 e. The number of aromatic carboxylic acids is 1. The molecule has 0 fully saturated rings. The third-order valence-corrected chi connectivity index (χ3v) is 3.49. The van der Waals surface area contributed by atoms with Crippen LogP contribution in [0.15, 0.2) is 17.0 Å². The second-order valence-electron chi connectivity index (χ2n) is 3.74. The van der Waals surface area contributed by atoms with Gasteiger partial charge in [-0.1, -0.05) is 24.9 Å². The number of benzene rings is 1. The first-order chi connectivity index (χ1) is 8.95. The molecule has 0 aliphatic heterocycles. The number of carboxylic acids is 1. The minimum atomic E-state index is -1.15. The van der Waals surface area contributed by atoms with E-state index in [2.05, 4.69) is 5.32 Å². The van der Waals surface area contributed by atoms with Crippen molar-refractivity contribution in [1.82, 2.24) is 0 Å². The van der Waals surface area contributed by atoms with E-state index < -0.39 is 10.3 Å². The van der Waals surface area contributed by atoms with Crippen LogP contribution in [0.2, 0.25) is 5.02 Å². The summed E-state index contributed by atoms with van der Waals surface area (Å²) < 4.78 is -0.622. The summed E-state index contributed by atoms with van der Waals surface area (Å²) in [7, 11) is 0. The molecule has 0 heterocycles. The van der Waals surface area contributed by atoms with E-state index in [4.69, 9.17) is 16.7 Å². The predicted octanol–water partition coefficient (Wildman–Crippen LogP) is 3.53. The van der Waals surface area contributed by atoms with Crippen LogP contribution >= 0.6 is 23.5 Å². The van der Waals surface area contributed by atoms with Crippen LogP contribution in [0, 0.1) is 10.1 Å². The molecular weight excluding hydrogens is 292 g/mol. The SMILES string of the molecule is CCCCNc1cc(C(=O)O)cc(S[N+](=O)[O-])c1Cl. The number of halogens is 1. The Bertz CT molecular complexity index is 496. The molecule has 0 amide bonds. The van der Waals surface area contributed by atoms with Crippen molar-refractivity contribution in [2.75, 3.05) is 11.9 Å². The summed E-state index contributed by atoms with van der Waals surface area (Å²) in [6, 6.07) is 2.58. The number of nitro groups is 1. The van der Waals surface area contributed by atoms with Crippen molar-refractivity contribution < 1.29 is 14.2 Å². The van der Waals surface area contributed by atoms with Gasteiger partial charge in [-0.3, -0.25) is 10.1 Å². The number of hydrogen-bond acceptors (Lipinski definition) is 5. The van der Waals surface area contributed by atoms with Crippen LogP contribution in [-0.2, 0) is 0 Å². The van der Waals surface area contributed by atoms with Gasteiger partial charge in [0.25, 0.3) is 11.9 Å². The summed E-state index contributed by atoms with van der Waals surface area (Å²) in [6.45, 7) is 2.65. The molecule has 0 aromatic heterocycles. The van der Waals surface area contributed by atoms with Crippen LogP contribution < -0.4 is 5.32 Å². The molecule has 0 unspecified atom stereocenters. The van der Waals surface area contributed by atoms with Gasteiger partial charge in [-0.25, -0.2) is 4.79 Å². The first kappa shape index (κ1) is 15.6. The predicted molar refractivity (Wildman–Crippen MR) is 74.7 cm³/mol. The van der Waals surface area contributed by atoms with Gasteiger partial charge in [-0.15, -0.1) is 0 Å². The number of anilines is 1. The summed E-state index contributed by atoms with van der Waals surface area (Å²) in [4.78, 5) is 21.6. The molecule has 1 aromatic carbocycles. The first-order valence-corrected chi connectivity index (χ1v) is 6.74. The van der Waals surface area contributed by atoms with Crippen molar-refractivity contribution in [3.05, 3.63) is 32.8 Å². The smallest absolute Gasteiger partial charge is 0.335 e. The highest BCUT2D eigenvalue weighted by Gasteiger charge is 2.18. The average molecular weight is 305 g/mol. The van der Waals surface area contributed by atoms with E-state index in [-0.39, 0.29) is 15.5 Å². The Morgan fingerprint density at radius 1 is 1.58 bits per heavy atom. The molecule has 19 heavy (non-hydrogen) atoms. The molecule has 0 bridgehead atoms. The van der Waals surface area contributed by atoms with E-state index >= 15 is 0 Å². The molecule has 0 aliphatic rings. The quantitative estimate of drug-likeness (QED) is 0.346. The van der Waals surface area contributed by atoms with Gasteiger partial charge in [0.15, 0.2) is 0 Å². The summed E-state index contributed by atoms with van der Waals surface area (Å²) in [5, 5.41) is 22.7. The number of carbonyl (C=O) groups is 1. The third kappa shape index (κ3) is 4.60. The van der Waals surface area contributed by atoms with Gasteiger partial charge < -0.3 is 10.4 Å². The zero-order chi connectivity index (χ0) is 14.4. The van der Waals surface area contributed by atoms with E-state index in [0.717, 1.165) is 12.8 Å². The van der Waals surface area contributed by atoms with Crippen molar-refractivity contribution >= 4 is 35.2 Å². The van der Waals surface area contributed by atoms with Gasteiger partial charge in [0.1, 0.15) is 9.22 Å². The number of unbranched alkanes of at least 4 members (excludes halogenated alkanes) is 1. The van der Waals surface area contributed by atoms with Crippen molar-refractivity contribution in [3.63, 3.8) is 0 Å². The fourth-order valence-electron chi connectivity index (χ4n) is 1.40. The van der Waals surface area contributed by atoms with Crippen LogP contribution in [0.5, 0.6) is 0 Å². The first-order valence-electron chi connectivity index (χ1n) is 5.58. The van der Waals surface area contributed by atoms with Crippen LogP contribution in [0.3, 0.4) is 0 Å². The number of hydrogen-bond donors (Lipinski definition) is 2. The molecule has 0 atom stereocenters. The van der Waals surface area contributed by atoms with Gasteiger partial charge >= 0.3 is 5.97 Å². The molecule has 2 N–H and O–H groups in total. The Morgan fingerprint density at radius 3 is 2.79 bits per heavy atom. The van der Waals surface area contributed by atoms with Crippen molar-refractivity contribution in [3.8, 4) is 0 Å². The molecule has 1 aromatic rings. The molecule has 104 valence electrons. The molecule has 0 aliphatic carbocycles. The monoisotopic (exact) mass is 304 g/mol. The second-order valence-corrected chi connectivity index (χ2v) is 5.03. The Hall–Kier alpha value is -1.47. The summed E-state index contributed by atoms with van der Waals surface area (Å²) in [5.41, 5.74) is 0.368. The van der Waals surface area contributed by atoms with Crippen LogP contribution in [-0.4, -0.2) is 21.9 Å². The lowest BCUT2D eigenvalue weighted by molar-refractivity contribution is -0.284. The number of rotatable bonds is 7. The highest BCUT2D eigenvalue weighted by Crippen LogP contribution is 2.35. The topological polar surface area (TPSA) is 92.5 Å². The highest BCUT2D eigenvalue weighted by molar-refractivity contribution is 7.93. The number of nitrogens with zero attached hydrogens (tertiary/aromatic N) is 1. The van der Waals surface area contributed by atoms with Gasteiger partial charge in [0.2, 0.25) is 0 Å². The van der Waals surface area contributed by atoms with E-state index in [1.165, 1.54) is 12.1 Å². The molecular formula is C11H13ClN2O4S. The van der Waals surface area contributed by atoms with Crippen LogP contribution in [0.25, 0.3) is 0 Å². The van der Waals surface area contributed by atoms with E-state index in [1.807, 2.05) is 6.92 Å². The largest absolute Gasteiger partial charge is 0.478 e. The van der Waals surface area contributed by atoms with Crippen molar-refractivity contribution in [2.45, 2.75) is 24.7 Å². The van der Waals surface area contributed by atoms with Gasteiger partial charge in [0.05, 0.1) is 16.3 Å².